The molecule has 0 bridgehead atoms. The third kappa shape index (κ3) is 4.98. The molecule has 1 aliphatic carbocycles. The maximum atomic E-state index is 12.9. The Hall–Kier alpha value is -2.68. The molecule has 7 nitrogen and oxygen atoms in total. The zero-order chi connectivity index (χ0) is 22.0. The molecular weight excluding hydrogens is 436 g/mol. The fraction of sp³-hybridized carbons (Fsp3) is 0.273. The lowest BCUT2D eigenvalue weighted by Gasteiger charge is -2.22. The first-order valence-electron chi connectivity index (χ1n) is 10.1. The summed E-state index contributed by atoms with van der Waals surface area (Å²) in [6.45, 7) is 0. The lowest BCUT2D eigenvalue weighted by atomic mass is 9.95. The number of hydrogen-bond donors (Lipinski definition) is 2. The van der Waals surface area contributed by atoms with Gasteiger partial charge in [0, 0.05) is 16.6 Å². The van der Waals surface area contributed by atoms with Gasteiger partial charge in [-0.15, -0.1) is 0 Å². The van der Waals surface area contributed by atoms with Gasteiger partial charge in [0.05, 0.1) is 16.3 Å². The molecule has 0 spiro atoms. The summed E-state index contributed by atoms with van der Waals surface area (Å²) in [6.07, 6.45) is 5.39. The van der Waals surface area contributed by atoms with Crippen molar-refractivity contribution in [3.8, 4) is 16.9 Å². The summed E-state index contributed by atoms with van der Waals surface area (Å²) in [5, 5.41) is 13.4. The van der Waals surface area contributed by atoms with E-state index in [4.69, 9.17) is 16.7 Å². The fourth-order valence-electron chi connectivity index (χ4n) is 3.80. The van der Waals surface area contributed by atoms with Crippen LogP contribution in [0, 0.1) is 0 Å². The van der Waals surface area contributed by atoms with Crippen molar-refractivity contribution in [2.75, 3.05) is 0 Å². The van der Waals surface area contributed by atoms with Crippen LogP contribution in [0.4, 0.5) is 0 Å². The number of halogens is 1. The number of sulfonamides is 1. The van der Waals surface area contributed by atoms with Gasteiger partial charge in [-0.25, -0.2) is 18.2 Å². The molecule has 1 saturated carbocycles. The molecule has 31 heavy (non-hydrogen) atoms. The number of benzene rings is 2. The van der Waals surface area contributed by atoms with E-state index >= 15 is 0 Å². The van der Waals surface area contributed by atoms with E-state index in [9.17, 15) is 13.2 Å². The molecule has 1 fully saturated rings. The Morgan fingerprint density at radius 2 is 1.68 bits per heavy atom. The summed E-state index contributed by atoms with van der Waals surface area (Å²) in [4.78, 5) is 12.9. The largest absolute Gasteiger partial charge is 0.348 e. The second kappa shape index (κ2) is 8.82. The Morgan fingerprint density at radius 3 is 2.29 bits per heavy atom. The van der Waals surface area contributed by atoms with Gasteiger partial charge in [0.1, 0.15) is 0 Å². The second-order valence-corrected chi connectivity index (χ2v) is 9.68. The van der Waals surface area contributed by atoms with Crippen LogP contribution >= 0.6 is 11.6 Å². The number of rotatable bonds is 5. The van der Waals surface area contributed by atoms with Crippen LogP contribution in [0.25, 0.3) is 16.9 Å². The normalized spacial score (nSPS) is 15.0. The first kappa shape index (κ1) is 21.5. The van der Waals surface area contributed by atoms with Gasteiger partial charge >= 0.3 is 0 Å². The quantitative estimate of drug-likeness (QED) is 0.604. The van der Waals surface area contributed by atoms with Crippen LogP contribution in [0.3, 0.4) is 0 Å². The standard InChI is InChI=1S/C22H23ClN4O3S/c23-16-8-6-15(7-9-16)21-14-20(22(28)25-17-4-2-1-3-5-17)26-27(21)18-10-12-19(13-11-18)31(24,29)30/h6-14,17H,1-5H2,(H,25,28)(H2,24,29,30). The van der Waals surface area contributed by atoms with Crippen LogP contribution in [-0.4, -0.2) is 30.1 Å². The molecule has 4 rings (SSSR count). The van der Waals surface area contributed by atoms with Crippen LogP contribution in [0.1, 0.15) is 42.6 Å². The van der Waals surface area contributed by atoms with Gasteiger partial charge < -0.3 is 5.32 Å². The Morgan fingerprint density at radius 1 is 1.03 bits per heavy atom. The number of carbonyl (C=O) groups excluding carboxylic acids is 1. The van der Waals surface area contributed by atoms with Crippen LogP contribution < -0.4 is 10.5 Å². The number of amides is 1. The lowest BCUT2D eigenvalue weighted by molar-refractivity contribution is 0.0922. The van der Waals surface area contributed by atoms with E-state index in [0.717, 1.165) is 31.2 Å². The van der Waals surface area contributed by atoms with Crippen molar-refractivity contribution in [2.45, 2.75) is 43.0 Å². The summed E-state index contributed by atoms with van der Waals surface area (Å²) >= 11 is 6.02. The van der Waals surface area contributed by atoms with Gasteiger partial charge in [0.25, 0.3) is 5.91 Å². The number of nitrogens with zero attached hydrogens (tertiary/aromatic N) is 2. The molecule has 0 atom stereocenters. The number of primary sulfonamides is 1. The zero-order valence-electron chi connectivity index (χ0n) is 16.8. The van der Waals surface area contributed by atoms with Gasteiger partial charge in [-0.05, 0) is 55.3 Å². The molecule has 3 N–H and O–H groups in total. The van der Waals surface area contributed by atoms with Crippen LogP contribution in [0.15, 0.2) is 59.5 Å². The topological polar surface area (TPSA) is 107 Å². The van der Waals surface area contributed by atoms with Crippen LogP contribution in [0.5, 0.6) is 0 Å². The van der Waals surface area contributed by atoms with E-state index in [-0.39, 0.29) is 16.8 Å². The molecule has 9 heteroatoms. The molecule has 0 saturated heterocycles. The predicted molar refractivity (Wildman–Crippen MR) is 120 cm³/mol. The molecule has 2 aromatic carbocycles. The molecule has 162 valence electrons. The smallest absolute Gasteiger partial charge is 0.272 e. The van der Waals surface area contributed by atoms with E-state index < -0.39 is 10.0 Å². The third-order valence-electron chi connectivity index (χ3n) is 5.43. The second-order valence-electron chi connectivity index (χ2n) is 7.68. The monoisotopic (exact) mass is 458 g/mol. The minimum absolute atomic E-state index is 0.00622. The summed E-state index contributed by atoms with van der Waals surface area (Å²) in [5.74, 6) is -0.220. The Bertz CT molecular complexity index is 1180. The highest BCUT2D eigenvalue weighted by Gasteiger charge is 2.21. The number of aromatic nitrogens is 2. The lowest BCUT2D eigenvalue weighted by Crippen LogP contribution is -2.36. The predicted octanol–water partition coefficient (Wildman–Crippen LogP) is 3.90. The van der Waals surface area contributed by atoms with Gasteiger partial charge in [-0.1, -0.05) is 43.0 Å². The summed E-state index contributed by atoms with van der Waals surface area (Å²) < 4.78 is 24.8. The van der Waals surface area contributed by atoms with E-state index in [1.54, 1.807) is 35.0 Å². The summed E-state index contributed by atoms with van der Waals surface area (Å²) in [7, 11) is -3.80. The van der Waals surface area contributed by atoms with E-state index in [1.807, 2.05) is 12.1 Å². The summed E-state index contributed by atoms with van der Waals surface area (Å²) in [5.41, 5.74) is 2.41. The highest BCUT2D eigenvalue weighted by atomic mass is 35.5. The fourth-order valence-corrected chi connectivity index (χ4v) is 4.44. The first-order chi connectivity index (χ1) is 14.8. The molecule has 0 unspecified atom stereocenters. The third-order valence-corrected chi connectivity index (χ3v) is 6.61. The van der Waals surface area contributed by atoms with Gasteiger partial charge in [-0.2, -0.15) is 5.10 Å². The highest BCUT2D eigenvalue weighted by molar-refractivity contribution is 7.89. The van der Waals surface area contributed by atoms with Crippen molar-refractivity contribution >= 4 is 27.5 Å². The minimum atomic E-state index is -3.80. The van der Waals surface area contributed by atoms with Crippen molar-refractivity contribution < 1.29 is 13.2 Å². The minimum Gasteiger partial charge on any atom is -0.348 e. The molecule has 1 amide bonds. The molecule has 1 heterocycles. The average molecular weight is 459 g/mol. The van der Waals surface area contributed by atoms with E-state index in [1.165, 1.54) is 18.6 Å². The van der Waals surface area contributed by atoms with Gasteiger partial charge in [-0.3, -0.25) is 4.79 Å². The molecule has 1 aromatic heterocycles. The Labute approximate surface area is 186 Å². The molecule has 1 aliphatic rings. The molecule has 3 aromatic rings. The number of carbonyl (C=O) groups is 1. The number of nitrogens with two attached hydrogens (primary N) is 1. The van der Waals surface area contributed by atoms with Crippen molar-refractivity contribution in [3.63, 3.8) is 0 Å². The van der Waals surface area contributed by atoms with E-state index in [0.29, 0.717) is 22.1 Å². The van der Waals surface area contributed by atoms with Crippen LogP contribution in [-0.2, 0) is 10.0 Å². The summed E-state index contributed by atoms with van der Waals surface area (Å²) in [6, 6.07) is 15.2. The average Bonchev–Trinajstić information content (AvgIpc) is 3.20. The molecular formula is C22H23ClN4O3S. The maximum absolute atomic E-state index is 12.9. The number of nitrogens with one attached hydrogen (secondary N) is 1. The molecule has 0 aliphatic heterocycles. The van der Waals surface area contributed by atoms with Crippen LogP contribution in [0.2, 0.25) is 5.02 Å². The zero-order valence-corrected chi connectivity index (χ0v) is 18.4. The van der Waals surface area contributed by atoms with Crippen molar-refractivity contribution in [3.05, 3.63) is 65.3 Å². The highest BCUT2D eigenvalue weighted by Crippen LogP contribution is 2.26. The van der Waals surface area contributed by atoms with E-state index in [2.05, 4.69) is 10.4 Å². The van der Waals surface area contributed by atoms with Crippen molar-refractivity contribution in [1.82, 2.24) is 15.1 Å². The number of hydrogen-bond acceptors (Lipinski definition) is 4. The van der Waals surface area contributed by atoms with Gasteiger partial charge in [0.15, 0.2) is 5.69 Å². The first-order valence-corrected chi connectivity index (χ1v) is 12.0. The molecule has 0 radical (unpaired) electrons. The van der Waals surface area contributed by atoms with Crippen molar-refractivity contribution in [1.29, 1.82) is 0 Å². The Balaban J connectivity index is 1.71. The van der Waals surface area contributed by atoms with Crippen molar-refractivity contribution in [2.24, 2.45) is 5.14 Å². The van der Waals surface area contributed by atoms with Gasteiger partial charge in [0.2, 0.25) is 10.0 Å². The Kier molecular flexibility index (Phi) is 6.13. The maximum Gasteiger partial charge on any atom is 0.272 e. The SMILES string of the molecule is NS(=O)(=O)c1ccc(-n2nc(C(=O)NC3CCCCC3)cc2-c2ccc(Cl)cc2)cc1.